The van der Waals surface area contributed by atoms with Gasteiger partial charge in [-0.25, -0.2) is 0 Å². The van der Waals surface area contributed by atoms with Crippen LogP contribution in [0.2, 0.25) is 0 Å². The van der Waals surface area contributed by atoms with E-state index in [1.54, 1.807) is 0 Å². The maximum Gasteiger partial charge on any atom is 0.309 e. The molecule has 0 aromatic rings. The Bertz CT molecular complexity index is 1210. The maximum absolute atomic E-state index is 13.8. The molecule has 0 saturated heterocycles. The molecule has 0 bridgehead atoms. The molecule has 360 valence electrons. The van der Waals surface area contributed by atoms with Gasteiger partial charge in [-0.3, -0.25) is 28.8 Å². The topological polar surface area (TPSA) is 158 Å². The summed E-state index contributed by atoms with van der Waals surface area (Å²) < 4.78 is 33.6. The third-order valence-electron chi connectivity index (χ3n) is 12.3. The van der Waals surface area contributed by atoms with Gasteiger partial charge in [0.15, 0.2) is 0 Å². The van der Waals surface area contributed by atoms with Gasteiger partial charge in [0.2, 0.25) is 0 Å². The molecule has 0 N–H and O–H groups in total. The fraction of sp³-hybridized carbons (Fsp3) is 0.880. The molecule has 0 aromatic heterocycles. The molecular formula is C50H88O12. The van der Waals surface area contributed by atoms with Crippen molar-refractivity contribution in [3.8, 4) is 0 Å². The van der Waals surface area contributed by atoms with Crippen LogP contribution in [0.15, 0.2) is 0 Å². The van der Waals surface area contributed by atoms with Gasteiger partial charge in [-0.2, -0.15) is 0 Å². The van der Waals surface area contributed by atoms with E-state index in [9.17, 15) is 28.8 Å². The smallest absolute Gasteiger partial charge is 0.309 e. The first kappa shape index (κ1) is 56.8. The lowest BCUT2D eigenvalue weighted by atomic mass is 9.82. The molecule has 0 aliphatic heterocycles. The van der Waals surface area contributed by atoms with Crippen LogP contribution in [0.1, 0.15) is 233 Å². The average Bonchev–Trinajstić information content (AvgIpc) is 3.25. The zero-order chi connectivity index (χ0) is 45.8. The number of esters is 6. The van der Waals surface area contributed by atoms with Gasteiger partial charge in [0.1, 0.15) is 24.4 Å². The third kappa shape index (κ3) is 28.5. The largest absolute Gasteiger partial charge is 0.469 e. The Hall–Kier alpha value is -3.18. The summed E-state index contributed by atoms with van der Waals surface area (Å²) >= 11 is 0. The minimum Gasteiger partial charge on any atom is -0.469 e. The van der Waals surface area contributed by atoms with E-state index in [0.717, 1.165) is 109 Å². The number of ether oxygens (including phenoxy) is 6. The maximum atomic E-state index is 13.8. The minimum atomic E-state index is -0.555. The second kappa shape index (κ2) is 37.2. The van der Waals surface area contributed by atoms with Crippen LogP contribution in [0.4, 0.5) is 0 Å². The molecule has 0 heterocycles. The van der Waals surface area contributed by atoms with E-state index in [4.69, 9.17) is 28.4 Å². The fourth-order valence-electron chi connectivity index (χ4n) is 8.51. The Morgan fingerprint density at radius 1 is 0.387 bits per heavy atom. The third-order valence-corrected chi connectivity index (χ3v) is 12.3. The SMILES string of the molecule is CCCCCCCCC(OC(C)=O)C(CCCCCCCC(=O)OC)OC(=O)C1CCC(C(=O)OC(CCCCCCCC)C(CCCCCCCC(=O)OC)OC(C)=O)CC1. The molecule has 1 fully saturated rings. The van der Waals surface area contributed by atoms with E-state index < -0.39 is 30.4 Å². The van der Waals surface area contributed by atoms with E-state index >= 15 is 0 Å². The van der Waals surface area contributed by atoms with Crippen LogP contribution in [-0.2, 0) is 57.2 Å². The van der Waals surface area contributed by atoms with Crippen LogP contribution in [0.5, 0.6) is 0 Å². The number of carbonyl (C=O) groups excluding carboxylic acids is 6. The van der Waals surface area contributed by atoms with Gasteiger partial charge in [-0.15, -0.1) is 0 Å². The highest BCUT2D eigenvalue weighted by molar-refractivity contribution is 5.75. The van der Waals surface area contributed by atoms with Gasteiger partial charge < -0.3 is 28.4 Å². The highest BCUT2D eigenvalue weighted by atomic mass is 16.6. The molecule has 0 spiro atoms. The Balaban J connectivity index is 2.94. The van der Waals surface area contributed by atoms with E-state index in [-0.39, 0.29) is 41.7 Å². The zero-order valence-electron chi connectivity index (χ0n) is 40.0. The summed E-state index contributed by atoms with van der Waals surface area (Å²) in [4.78, 5) is 75.1. The first-order chi connectivity index (χ1) is 29.9. The van der Waals surface area contributed by atoms with Crippen LogP contribution in [0.25, 0.3) is 0 Å². The Morgan fingerprint density at radius 2 is 0.645 bits per heavy atom. The van der Waals surface area contributed by atoms with Gasteiger partial charge in [0.05, 0.1) is 26.1 Å². The van der Waals surface area contributed by atoms with Gasteiger partial charge in [0, 0.05) is 26.7 Å². The zero-order valence-corrected chi connectivity index (χ0v) is 40.0. The van der Waals surface area contributed by atoms with E-state index in [2.05, 4.69) is 13.8 Å². The molecule has 4 atom stereocenters. The molecule has 12 nitrogen and oxygen atoms in total. The van der Waals surface area contributed by atoms with Gasteiger partial charge >= 0.3 is 35.8 Å². The van der Waals surface area contributed by atoms with Gasteiger partial charge in [0.25, 0.3) is 0 Å². The summed E-state index contributed by atoms with van der Waals surface area (Å²) in [6, 6.07) is 0. The predicted octanol–water partition coefficient (Wildman–Crippen LogP) is 11.8. The Kier molecular flexibility index (Phi) is 34.1. The summed E-state index contributed by atoms with van der Waals surface area (Å²) in [6.45, 7) is 7.17. The first-order valence-electron chi connectivity index (χ1n) is 24.8. The Morgan fingerprint density at radius 3 is 0.919 bits per heavy atom. The summed E-state index contributed by atoms with van der Waals surface area (Å²) in [5.74, 6) is -2.52. The number of carbonyl (C=O) groups is 6. The van der Waals surface area contributed by atoms with Crippen molar-refractivity contribution in [1.82, 2.24) is 0 Å². The fourth-order valence-corrected chi connectivity index (χ4v) is 8.51. The average molecular weight is 881 g/mol. The van der Waals surface area contributed by atoms with Crippen molar-refractivity contribution in [3.63, 3.8) is 0 Å². The van der Waals surface area contributed by atoms with Crippen molar-refractivity contribution in [2.24, 2.45) is 11.8 Å². The number of rotatable bonds is 38. The normalized spacial score (nSPS) is 16.9. The van der Waals surface area contributed by atoms with Crippen molar-refractivity contribution in [3.05, 3.63) is 0 Å². The second-order valence-corrected chi connectivity index (χ2v) is 17.7. The monoisotopic (exact) mass is 881 g/mol. The highest BCUT2D eigenvalue weighted by Gasteiger charge is 2.37. The minimum absolute atomic E-state index is 0.200. The number of hydrogen-bond acceptors (Lipinski definition) is 12. The number of hydrogen-bond donors (Lipinski definition) is 0. The summed E-state index contributed by atoms with van der Waals surface area (Å²) in [5, 5.41) is 0. The molecule has 12 heteroatoms. The molecule has 4 unspecified atom stereocenters. The molecule has 0 amide bonds. The van der Waals surface area contributed by atoms with E-state index in [0.29, 0.717) is 64.2 Å². The summed E-state index contributed by atoms with van der Waals surface area (Å²) in [5.41, 5.74) is 0. The molecule has 0 aromatic carbocycles. The van der Waals surface area contributed by atoms with Crippen LogP contribution in [-0.4, -0.2) is 74.5 Å². The quantitative estimate of drug-likeness (QED) is 0.0329. The van der Waals surface area contributed by atoms with Crippen molar-refractivity contribution in [1.29, 1.82) is 0 Å². The molecular weight excluding hydrogens is 793 g/mol. The summed E-state index contributed by atoms with van der Waals surface area (Å²) in [7, 11) is 2.80. The summed E-state index contributed by atoms with van der Waals surface area (Å²) in [6.07, 6.45) is 24.8. The lowest BCUT2D eigenvalue weighted by Crippen LogP contribution is -2.39. The van der Waals surface area contributed by atoms with Crippen LogP contribution in [0.3, 0.4) is 0 Å². The number of unbranched alkanes of at least 4 members (excludes halogenated alkanes) is 18. The van der Waals surface area contributed by atoms with Crippen molar-refractivity contribution in [2.45, 2.75) is 258 Å². The molecule has 1 rings (SSSR count). The standard InChI is InChI=1S/C50H88O12/c1-7-9-11-13-17-23-29-43(59-39(3)51)46(32-26-20-16-22-28-34-48(54)58-6)62-50(56)42-37-35-41(36-38-42)49(55)61-45(31-25-18-14-12-10-8-2)44(60-40(4)52)30-24-19-15-21-27-33-47(53)57-5/h41-46H,7-38H2,1-6H3. The van der Waals surface area contributed by atoms with Crippen molar-refractivity contribution in [2.75, 3.05) is 14.2 Å². The number of methoxy groups -OCH3 is 2. The van der Waals surface area contributed by atoms with Gasteiger partial charge in [-0.1, -0.05) is 117 Å². The molecule has 1 aliphatic carbocycles. The predicted molar refractivity (Wildman–Crippen MR) is 241 cm³/mol. The molecule has 1 aliphatic rings. The molecule has 62 heavy (non-hydrogen) atoms. The van der Waals surface area contributed by atoms with E-state index in [1.165, 1.54) is 60.2 Å². The van der Waals surface area contributed by atoms with Crippen LogP contribution < -0.4 is 0 Å². The van der Waals surface area contributed by atoms with Gasteiger partial charge in [-0.05, 0) is 89.9 Å². The van der Waals surface area contributed by atoms with Crippen LogP contribution in [0, 0.1) is 11.8 Å². The molecule has 0 radical (unpaired) electrons. The lowest BCUT2D eigenvalue weighted by Gasteiger charge is -2.32. The highest BCUT2D eigenvalue weighted by Crippen LogP contribution is 2.33. The lowest BCUT2D eigenvalue weighted by molar-refractivity contribution is -0.175. The second-order valence-electron chi connectivity index (χ2n) is 17.7. The van der Waals surface area contributed by atoms with Crippen LogP contribution >= 0.6 is 0 Å². The van der Waals surface area contributed by atoms with Crippen molar-refractivity contribution >= 4 is 35.8 Å². The first-order valence-corrected chi connectivity index (χ1v) is 24.8. The van der Waals surface area contributed by atoms with Crippen molar-refractivity contribution < 1.29 is 57.2 Å². The van der Waals surface area contributed by atoms with E-state index in [1.807, 2.05) is 0 Å². The Labute approximate surface area is 375 Å². The molecule has 1 saturated carbocycles.